The number of nitrogens with zero attached hydrogens (tertiary/aromatic N) is 2. The van der Waals surface area contributed by atoms with E-state index in [0.29, 0.717) is 34.1 Å². The zero-order valence-electron chi connectivity index (χ0n) is 21.4. The van der Waals surface area contributed by atoms with Crippen LogP contribution in [0.1, 0.15) is 20.7 Å². The number of ether oxygens (including phenoxy) is 3. The van der Waals surface area contributed by atoms with E-state index in [1.165, 1.54) is 11.8 Å². The van der Waals surface area contributed by atoms with E-state index in [4.69, 9.17) is 14.2 Å². The van der Waals surface area contributed by atoms with Gasteiger partial charge in [0.15, 0.2) is 0 Å². The van der Waals surface area contributed by atoms with Crippen LogP contribution in [0.3, 0.4) is 0 Å². The van der Waals surface area contributed by atoms with Crippen LogP contribution < -0.4 is 24.0 Å². The lowest BCUT2D eigenvalue weighted by atomic mass is 10.1. The van der Waals surface area contributed by atoms with Gasteiger partial charge < -0.3 is 19.1 Å². The average molecular weight is 527 g/mol. The van der Waals surface area contributed by atoms with Crippen molar-refractivity contribution in [1.29, 1.82) is 0 Å². The smallest absolute Gasteiger partial charge is 0.343 e. The Morgan fingerprint density at radius 2 is 1.21 bits per heavy atom. The molecule has 38 heavy (non-hydrogen) atoms. The highest BCUT2D eigenvalue weighted by Gasteiger charge is 2.30. The predicted molar refractivity (Wildman–Crippen MR) is 149 cm³/mol. The van der Waals surface area contributed by atoms with Gasteiger partial charge in [0.2, 0.25) is 0 Å². The summed E-state index contributed by atoms with van der Waals surface area (Å²) in [5.74, 6) is 1.08. The van der Waals surface area contributed by atoms with E-state index in [0.717, 1.165) is 21.2 Å². The average Bonchev–Trinajstić information content (AvgIpc) is 2.95. The van der Waals surface area contributed by atoms with E-state index in [1.54, 1.807) is 79.8 Å². The van der Waals surface area contributed by atoms with Crippen LogP contribution in [0.15, 0.2) is 94.7 Å². The summed E-state index contributed by atoms with van der Waals surface area (Å²) in [6.45, 7) is 0. The lowest BCUT2D eigenvalue weighted by Gasteiger charge is -2.32. The van der Waals surface area contributed by atoms with Crippen LogP contribution in [0.5, 0.6) is 17.2 Å². The summed E-state index contributed by atoms with van der Waals surface area (Å²) in [7, 11) is 7.10. The summed E-state index contributed by atoms with van der Waals surface area (Å²) in [5.41, 5.74) is 3.45. The first-order valence-corrected chi connectivity index (χ1v) is 12.7. The molecule has 1 aliphatic rings. The molecule has 0 aromatic heterocycles. The number of fused-ring (bicyclic) bond motifs is 2. The second-order valence-corrected chi connectivity index (χ2v) is 9.85. The number of carbonyl (C=O) groups is 2. The molecule has 1 amide bonds. The first-order valence-electron chi connectivity index (χ1n) is 11.9. The van der Waals surface area contributed by atoms with Crippen LogP contribution >= 0.6 is 11.8 Å². The largest absolute Gasteiger partial charge is 0.497 e. The van der Waals surface area contributed by atoms with Gasteiger partial charge in [0.05, 0.1) is 31.2 Å². The molecule has 0 N–H and O–H groups in total. The Hall–Kier alpha value is -4.43. The normalized spacial score (nSPS) is 11.7. The topological polar surface area (TPSA) is 68.3 Å². The highest BCUT2D eigenvalue weighted by Crippen LogP contribution is 2.50. The molecular formula is C30H26N2O5S. The third-order valence-electron chi connectivity index (χ3n) is 6.17. The van der Waals surface area contributed by atoms with E-state index >= 15 is 0 Å². The van der Waals surface area contributed by atoms with Crippen molar-refractivity contribution >= 4 is 40.7 Å². The Kier molecular flexibility index (Phi) is 6.98. The molecule has 0 atom stereocenters. The van der Waals surface area contributed by atoms with Gasteiger partial charge in [-0.15, -0.1) is 0 Å². The van der Waals surface area contributed by atoms with E-state index in [9.17, 15) is 9.59 Å². The first-order chi connectivity index (χ1) is 18.4. The summed E-state index contributed by atoms with van der Waals surface area (Å²) in [4.78, 5) is 32.0. The van der Waals surface area contributed by atoms with Crippen molar-refractivity contribution in [2.75, 3.05) is 38.1 Å². The van der Waals surface area contributed by atoms with Crippen molar-refractivity contribution in [3.63, 3.8) is 0 Å². The van der Waals surface area contributed by atoms with E-state index < -0.39 is 5.97 Å². The zero-order valence-corrected chi connectivity index (χ0v) is 22.2. The molecule has 5 rings (SSSR count). The number of benzene rings is 4. The quantitative estimate of drug-likeness (QED) is 0.212. The van der Waals surface area contributed by atoms with Gasteiger partial charge in [-0.05, 0) is 84.9 Å². The maximum absolute atomic E-state index is 13.8. The first kappa shape index (κ1) is 25.2. The Morgan fingerprint density at radius 1 is 0.684 bits per heavy atom. The molecule has 4 aromatic carbocycles. The number of carbonyl (C=O) groups excluding carboxylic acids is 2. The molecule has 8 heteroatoms. The van der Waals surface area contributed by atoms with Crippen molar-refractivity contribution < 1.29 is 23.8 Å². The molecule has 1 heterocycles. The van der Waals surface area contributed by atoms with Crippen molar-refractivity contribution in [2.45, 2.75) is 9.79 Å². The number of amides is 1. The summed E-state index contributed by atoms with van der Waals surface area (Å²) in [6, 6.07) is 25.1. The van der Waals surface area contributed by atoms with Gasteiger partial charge in [0, 0.05) is 35.1 Å². The fourth-order valence-corrected chi connectivity index (χ4v) is 5.21. The molecule has 0 unspecified atom stereocenters. The van der Waals surface area contributed by atoms with Gasteiger partial charge >= 0.3 is 5.97 Å². The Bertz CT molecular complexity index is 1500. The molecule has 0 spiro atoms. The third-order valence-corrected chi connectivity index (χ3v) is 7.26. The lowest BCUT2D eigenvalue weighted by molar-refractivity contribution is 0.0734. The number of hydrogen-bond donors (Lipinski definition) is 0. The molecule has 0 bridgehead atoms. The van der Waals surface area contributed by atoms with Crippen molar-refractivity contribution in [3.05, 3.63) is 96.1 Å². The molecule has 7 nitrogen and oxygen atoms in total. The number of anilines is 3. The van der Waals surface area contributed by atoms with Gasteiger partial charge in [-0.3, -0.25) is 9.69 Å². The minimum absolute atomic E-state index is 0.170. The molecule has 1 aliphatic heterocycles. The Labute approximate surface area is 225 Å². The highest BCUT2D eigenvalue weighted by atomic mass is 32.2. The second-order valence-electron chi connectivity index (χ2n) is 8.77. The van der Waals surface area contributed by atoms with E-state index in [1.807, 2.05) is 43.3 Å². The monoisotopic (exact) mass is 526 g/mol. The molecule has 0 aliphatic carbocycles. The molecule has 4 aromatic rings. The van der Waals surface area contributed by atoms with E-state index in [-0.39, 0.29) is 5.91 Å². The second kappa shape index (κ2) is 10.5. The minimum Gasteiger partial charge on any atom is -0.497 e. The Morgan fingerprint density at radius 3 is 1.79 bits per heavy atom. The van der Waals surface area contributed by atoms with Crippen LogP contribution in [0.4, 0.5) is 17.1 Å². The fraction of sp³-hybridized carbons (Fsp3) is 0.133. The summed E-state index contributed by atoms with van der Waals surface area (Å²) >= 11 is 1.53. The van der Waals surface area contributed by atoms with Crippen LogP contribution in [-0.2, 0) is 0 Å². The zero-order chi connectivity index (χ0) is 26.8. The summed E-state index contributed by atoms with van der Waals surface area (Å²) in [5, 5.41) is 0. The molecule has 0 fully saturated rings. The highest BCUT2D eigenvalue weighted by molar-refractivity contribution is 7.99. The molecule has 192 valence electrons. The minimum atomic E-state index is -0.477. The van der Waals surface area contributed by atoms with Crippen LogP contribution in [0, 0.1) is 0 Å². The number of hydrogen-bond acceptors (Lipinski definition) is 7. The predicted octanol–water partition coefficient (Wildman–Crippen LogP) is 6.43. The van der Waals surface area contributed by atoms with Crippen LogP contribution in [0.25, 0.3) is 0 Å². The summed E-state index contributed by atoms with van der Waals surface area (Å²) < 4.78 is 16.1. The van der Waals surface area contributed by atoms with E-state index in [2.05, 4.69) is 0 Å². The maximum atomic E-state index is 13.8. The van der Waals surface area contributed by atoms with Gasteiger partial charge in [0.25, 0.3) is 5.91 Å². The number of esters is 1. The van der Waals surface area contributed by atoms with Crippen LogP contribution in [-0.4, -0.2) is 40.2 Å². The maximum Gasteiger partial charge on any atom is 0.343 e. The van der Waals surface area contributed by atoms with Crippen molar-refractivity contribution in [3.8, 4) is 17.2 Å². The molecular weight excluding hydrogens is 500 g/mol. The number of methoxy groups -OCH3 is 2. The van der Waals surface area contributed by atoms with Gasteiger partial charge in [-0.1, -0.05) is 11.8 Å². The third kappa shape index (κ3) is 4.90. The molecule has 0 saturated heterocycles. The SMILES string of the molecule is COc1ccc(C(=O)Oc2ccc3c(c2)Sc2cc(N(C)C)ccc2N3C(=O)c2ccc(OC)cc2)cc1. The number of rotatable bonds is 6. The van der Waals surface area contributed by atoms with Gasteiger partial charge in [-0.2, -0.15) is 0 Å². The van der Waals surface area contributed by atoms with Crippen molar-refractivity contribution in [1.82, 2.24) is 0 Å². The van der Waals surface area contributed by atoms with Crippen LogP contribution in [0.2, 0.25) is 0 Å². The lowest BCUT2D eigenvalue weighted by Crippen LogP contribution is -2.28. The molecule has 0 saturated carbocycles. The van der Waals surface area contributed by atoms with Crippen molar-refractivity contribution in [2.24, 2.45) is 0 Å². The van der Waals surface area contributed by atoms with Gasteiger partial charge in [-0.25, -0.2) is 4.79 Å². The Balaban J connectivity index is 1.51. The summed E-state index contributed by atoms with van der Waals surface area (Å²) in [6.07, 6.45) is 0. The fourth-order valence-electron chi connectivity index (χ4n) is 4.09. The molecule has 0 radical (unpaired) electrons. The standard InChI is InChI=1S/C30H26N2O5S/c1-31(2)21-9-15-25-27(17-21)38-28-18-24(37-30(34)20-7-12-23(36-4)13-8-20)14-16-26(28)32(25)29(33)19-5-10-22(35-3)11-6-19/h5-18H,1-4H3. The van der Waals surface area contributed by atoms with Gasteiger partial charge in [0.1, 0.15) is 17.2 Å².